The first-order chi connectivity index (χ1) is 60.1. The zero-order valence-corrected chi connectivity index (χ0v) is 73.2. The predicted octanol–water partition coefficient (Wildman–Crippen LogP) is 12.8. The van der Waals surface area contributed by atoms with E-state index >= 15 is 0 Å². The Kier molecular flexibility index (Phi) is 28.6. The van der Waals surface area contributed by atoms with E-state index in [1.807, 2.05) is 96.0 Å². The van der Waals surface area contributed by atoms with Gasteiger partial charge in [-0.3, -0.25) is 33.4 Å². The lowest BCUT2D eigenvalue weighted by Crippen LogP contribution is -2.42. The van der Waals surface area contributed by atoms with E-state index in [4.69, 9.17) is 64.9 Å². The number of nitrogens with zero attached hydrogens (tertiary/aromatic N) is 18. The van der Waals surface area contributed by atoms with Crippen molar-refractivity contribution in [2.45, 2.75) is 123 Å². The van der Waals surface area contributed by atoms with Gasteiger partial charge < -0.3 is 45.3 Å². The third-order valence-corrected chi connectivity index (χ3v) is 26.8. The van der Waals surface area contributed by atoms with Crippen molar-refractivity contribution in [1.29, 1.82) is 10.8 Å². The number of aryl methyl sites for hydroxylation is 10. The fourth-order valence-corrected chi connectivity index (χ4v) is 20.8. The molecule has 20 rings (SSSR count). The smallest absolute Gasteiger partial charge is 0.227 e. The Balaban J connectivity index is 0.000000121. The zero-order valence-electron chi connectivity index (χ0n) is 69.1. The summed E-state index contributed by atoms with van der Waals surface area (Å²) in [5, 5.41) is 33.1. The highest BCUT2D eigenvalue weighted by Crippen LogP contribution is 2.41. The largest absolute Gasteiger partial charge is 0.768 e. The maximum atomic E-state index is 11.4. The average Bonchev–Trinajstić information content (AvgIpc) is 1.62. The van der Waals surface area contributed by atoms with E-state index in [1.54, 1.807) is 60.8 Å². The lowest BCUT2D eigenvalue weighted by Gasteiger charge is -2.26. The highest BCUT2D eigenvalue weighted by atomic mass is 32.2. The number of anilines is 8. The minimum Gasteiger partial charge on any atom is -0.768 e. The van der Waals surface area contributed by atoms with E-state index in [1.165, 1.54) is 46.2 Å². The summed E-state index contributed by atoms with van der Waals surface area (Å²) in [7, 11) is 0. The minimum absolute atomic E-state index is 0.145. The first-order valence-corrected chi connectivity index (χ1v) is 45.9. The highest BCUT2D eigenvalue weighted by molar-refractivity contribution is 7.79. The van der Waals surface area contributed by atoms with Crippen LogP contribution in [0.1, 0.15) is 97.9 Å². The summed E-state index contributed by atoms with van der Waals surface area (Å²) in [5.74, 6) is 2.46. The SMILES string of the molecule is CC(=O)Cc1cccc(Nc2ncc3c(n2)-c2nc(CN4CCNCC4)sc2CC3)c1.CC(=O)Cc1cccc(Nc2ncc3c(n2)-c2nc(CN4CCOCC4)sc2CC3)c1.Cc1cc(C)cc(Nc2ncc3c(n2)-c2nc(CN4CCOCC4)sc2CC3)c1.N#N.O=S([O-])c1cccc(Nc2ncc3c(n2)-c2nc(CN4CCOCC4)sc2CC3)c1. The Morgan fingerprint density at radius 3 is 1.04 bits per heavy atom. The van der Waals surface area contributed by atoms with Crippen LogP contribution in [-0.2, 0) is 125 Å². The Morgan fingerprint density at radius 1 is 0.407 bits per heavy atom. The molecule has 5 N–H and O–H groups in total. The van der Waals surface area contributed by atoms with Crippen LogP contribution in [0.15, 0.2) is 121 Å². The van der Waals surface area contributed by atoms with Gasteiger partial charge in [0.25, 0.3) is 0 Å². The number of ketones is 2. The molecule has 0 spiro atoms. The van der Waals surface area contributed by atoms with Crippen molar-refractivity contribution in [3.05, 3.63) is 200 Å². The topological polar surface area (TPSA) is 377 Å². The molecule has 0 bridgehead atoms. The standard InChI is InChI=1S/C23H26N6OS.C23H25N5O2S.C22H25N5OS.C20H21N5O3S2.N2/c1-15(30)11-16-3-2-4-18(12-16)26-23-25-13-17-5-6-19-22(21(17)28-23)27-20(31-19)14-29-9-7-24-8-10-29;1-15(29)11-16-3-2-4-18(12-16)25-23-24-13-17-5-6-19-22(21(17)27-23)26-20(31-19)14-28-7-9-30-10-8-28;1-14-9-15(2)11-17(10-14)24-22-23-12-16-3-4-18-21(20(16)26-22)25-19(29-18)13-27-5-7-28-8-6-27;26-30(27)15-3-1-2-14(10-15)22-20-21-11-13-4-5-16-19(18(13)24-20)23-17(29-16)12-25-6-8-28-9-7-25;1-2/h2-4,12-13,24H,5-11,14H2,1H3,(H,25,26,28);2-4,12-13H,5-11,14H2,1H3,(H,24,25,27);9-12H,3-8,13H2,1-2H3,(H,23,24,26);1-3,10-11H,4-9,12H2,(H,26,27)(H,21,22,24);/p-1. The number of hydrogen-bond donors (Lipinski definition) is 5. The van der Waals surface area contributed by atoms with Gasteiger partial charge in [-0.1, -0.05) is 36.4 Å². The number of aromatic nitrogens is 12. The van der Waals surface area contributed by atoms with Gasteiger partial charge in [0.05, 0.1) is 88.6 Å². The van der Waals surface area contributed by atoms with Crippen LogP contribution in [0, 0.1) is 24.6 Å². The molecule has 8 aromatic heterocycles. The molecule has 123 heavy (non-hydrogen) atoms. The Morgan fingerprint density at radius 2 is 0.715 bits per heavy atom. The van der Waals surface area contributed by atoms with Crippen LogP contribution in [0.25, 0.3) is 45.6 Å². The van der Waals surface area contributed by atoms with Gasteiger partial charge in [-0.05, 0) is 189 Å². The van der Waals surface area contributed by atoms with E-state index in [0.717, 1.165) is 283 Å². The molecule has 4 fully saturated rings. The third-order valence-electron chi connectivity index (χ3n) is 21.8. The second-order valence-electron chi connectivity index (χ2n) is 31.3. The maximum absolute atomic E-state index is 11.4. The fraction of sp³-hybridized carbons (Fsp3) is 0.386. The van der Waals surface area contributed by atoms with Crippen molar-refractivity contribution in [2.75, 3.05) is 126 Å². The number of carbonyl (C=O) groups excluding carboxylic acids is 2. The molecule has 4 saturated heterocycles. The number of benzene rings is 4. The summed E-state index contributed by atoms with van der Waals surface area (Å²) >= 11 is 4.94. The molecule has 12 aromatic rings. The van der Waals surface area contributed by atoms with Gasteiger partial charge in [0.2, 0.25) is 23.8 Å². The molecule has 4 aliphatic heterocycles. The monoisotopic (exact) mass is 1750 g/mol. The van der Waals surface area contributed by atoms with E-state index < -0.39 is 11.1 Å². The van der Waals surface area contributed by atoms with Crippen molar-refractivity contribution in [3.8, 4) is 45.6 Å². The quantitative estimate of drug-likeness (QED) is 0.0329. The van der Waals surface area contributed by atoms with E-state index in [9.17, 15) is 18.4 Å². The minimum atomic E-state index is -2.28. The third kappa shape index (κ3) is 22.5. The number of thiazole rings is 4. The molecule has 4 aliphatic carbocycles. The van der Waals surface area contributed by atoms with Crippen molar-refractivity contribution < 1.29 is 32.6 Å². The highest BCUT2D eigenvalue weighted by Gasteiger charge is 2.30. The fourth-order valence-electron chi connectivity index (χ4n) is 15.9. The zero-order chi connectivity index (χ0) is 84.7. The number of morpholine rings is 3. The molecule has 1 unspecified atom stereocenters. The first-order valence-electron chi connectivity index (χ1n) is 41.5. The van der Waals surface area contributed by atoms with Crippen LogP contribution >= 0.6 is 45.3 Å². The number of fused-ring (bicyclic) bond motifs is 12. The first kappa shape index (κ1) is 86.0. The molecule has 0 radical (unpaired) electrons. The number of nitrogens with one attached hydrogen (secondary N) is 5. The molecule has 30 nitrogen and oxygen atoms in total. The van der Waals surface area contributed by atoms with Crippen molar-refractivity contribution >= 4 is 115 Å². The van der Waals surface area contributed by atoms with Gasteiger partial charge in [0.1, 0.15) is 54.4 Å². The van der Waals surface area contributed by atoms with Gasteiger partial charge in [0, 0.05) is 161 Å². The average molecular weight is 1750 g/mol. The van der Waals surface area contributed by atoms with Crippen LogP contribution in [0.3, 0.4) is 0 Å². The molecule has 0 amide bonds. The Hall–Kier alpha value is -10.5. The van der Waals surface area contributed by atoms with Crippen LogP contribution < -0.4 is 26.6 Å². The molecule has 35 heteroatoms. The second-order valence-corrected chi connectivity index (χ2v) is 36.9. The number of piperazine rings is 1. The maximum Gasteiger partial charge on any atom is 0.227 e. The summed E-state index contributed by atoms with van der Waals surface area (Å²) in [4.78, 5) is 95.0. The van der Waals surface area contributed by atoms with Gasteiger partial charge >= 0.3 is 0 Å². The summed E-state index contributed by atoms with van der Waals surface area (Å²) in [6.07, 6.45) is 16.2. The summed E-state index contributed by atoms with van der Waals surface area (Å²) < 4.78 is 38.8. The summed E-state index contributed by atoms with van der Waals surface area (Å²) in [6.45, 7) is 25.7. The number of ether oxygens (including phenoxy) is 3. The Bertz CT molecular complexity index is 5600. The van der Waals surface area contributed by atoms with E-state index in [0.29, 0.717) is 42.3 Å². The van der Waals surface area contributed by atoms with Crippen LogP contribution in [0.4, 0.5) is 46.5 Å². The lowest BCUT2D eigenvalue weighted by molar-refractivity contribution is -0.117. The van der Waals surface area contributed by atoms with Crippen LogP contribution in [0.5, 0.6) is 0 Å². The van der Waals surface area contributed by atoms with Gasteiger partial charge in [-0.2, -0.15) is 0 Å². The van der Waals surface area contributed by atoms with Gasteiger partial charge in [0.15, 0.2) is 0 Å². The molecule has 0 saturated carbocycles. The van der Waals surface area contributed by atoms with Crippen molar-refractivity contribution in [2.24, 2.45) is 0 Å². The van der Waals surface area contributed by atoms with Crippen molar-refractivity contribution in [1.82, 2.24) is 84.7 Å². The summed E-state index contributed by atoms with van der Waals surface area (Å²) in [5.41, 5.74) is 20.1. The summed E-state index contributed by atoms with van der Waals surface area (Å²) in [6, 6.07) is 28.6. The molecule has 8 aliphatic rings. The van der Waals surface area contributed by atoms with Crippen LogP contribution in [-0.4, -0.2) is 205 Å². The van der Waals surface area contributed by atoms with E-state index in [-0.39, 0.29) is 16.5 Å². The van der Waals surface area contributed by atoms with Gasteiger partial charge in [-0.15, -0.1) is 45.3 Å². The van der Waals surface area contributed by atoms with E-state index in [2.05, 4.69) is 98.2 Å². The van der Waals surface area contributed by atoms with Crippen molar-refractivity contribution in [3.63, 3.8) is 0 Å². The predicted molar refractivity (Wildman–Crippen MR) is 476 cm³/mol. The Labute approximate surface area is 732 Å². The lowest BCUT2D eigenvalue weighted by atomic mass is 10.00. The van der Waals surface area contributed by atoms with Crippen LogP contribution in [0.2, 0.25) is 0 Å². The molecule has 12 heterocycles. The second kappa shape index (κ2) is 40.9. The number of carbonyl (C=O) groups is 2. The number of hydrogen-bond acceptors (Lipinski definition) is 34. The molecule has 1 atom stereocenters. The normalized spacial score (nSPS) is 16.1. The molecular weight excluding hydrogens is 1650 g/mol. The molecular formula is C88H96N23O7S5-. The molecule has 4 aromatic carbocycles. The van der Waals surface area contributed by atoms with Gasteiger partial charge in [-0.25, -0.2) is 59.8 Å². The number of rotatable bonds is 21. The number of Topliss-reactive ketones (excluding diaryl/α,β-unsaturated/α-hetero) is 2. The molecule has 636 valence electrons.